The molecule has 0 spiro atoms. The summed E-state index contributed by atoms with van der Waals surface area (Å²) in [5.41, 5.74) is 1.93. The normalized spacial score (nSPS) is 10.2. The van der Waals surface area contributed by atoms with Crippen molar-refractivity contribution >= 4 is 22.3 Å². The predicted octanol–water partition coefficient (Wildman–Crippen LogP) is 2.52. The molecule has 2 aromatic heterocycles. The minimum atomic E-state index is -0.407. The lowest BCUT2D eigenvalue weighted by Gasteiger charge is -2.04. The molecule has 0 saturated heterocycles. The Hall–Kier alpha value is -1.82. The second-order valence-corrected chi connectivity index (χ2v) is 4.04. The first-order chi connectivity index (χ1) is 8.31. The van der Waals surface area contributed by atoms with Crippen molar-refractivity contribution in [2.45, 2.75) is 13.5 Å². The van der Waals surface area contributed by atoms with Gasteiger partial charge in [-0.15, -0.1) is 11.3 Å². The van der Waals surface area contributed by atoms with Crippen molar-refractivity contribution in [1.82, 2.24) is 4.98 Å². The lowest BCUT2D eigenvalue weighted by Crippen LogP contribution is -2.08. The van der Waals surface area contributed by atoms with Crippen molar-refractivity contribution in [2.24, 2.45) is 0 Å². The lowest BCUT2D eigenvalue weighted by atomic mass is 10.4. The average Bonchev–Trinajstić information content (AvgIpc) is 2.98. The third-order valence-electron chi connectivity index (χ3n) is 2.04. The molecule has 1 N–H and O–H groups in total. The molecule has 0 saturated carbocycles. The lowest BCUT2D eigenvalue weighted by molar-refractivity contribution is 0.0521. The fourth-order valence-electron chi connectivity index (χ4n) is 1.30. The largest absolute Gasteiger partial charge is 0.467 e. The number of nitrogens with one attached hydrogen (secondary N) is 1. The van der Waals surface area contributed by atoms with Crippen LogP contribution >= 0.6 is 11.3 Å². The van der Waals surface area contributed by atoms with Gasteiger partial charge in [0, 0.05) is 0 Å². The molecule has 0 aromatic carbocycles. The van der Waals surface area contributed by atoms with E-state index in [1.165, 1.54) is 11.3 Å². The van der Waals surface area contributed by atoms with Gasteiger partial charge in [0.05, 0.1) is 24.9 Å². The third-order valence-corrected chi connectivity index (χ3v) is 2.82. The molecule has 0 radical (unpaired) electrons. The van der Waals surface area contributed by atoms with Gasteiger partial charge in [0.25, 0.3) is 0 Å². The standard InChI is InChI=1S/C11H12N2O3S/c1-2-15-11(14)9-10(17-7-13-9)12-6-8-4-3-5-16-8/h3-5,7,12H,2,6H2,1H3. The second-order valence-electron chi connectivity index (χ2n) is 3.18. The number of rotatable bonds is 5. The van der Waals surface area contributed by atoms with E-state index in [0.717, 1.165) is 5.76 Å². The highest BCUT2D eigenvalue weighted by Gasteiger charge is 2.15. The van der Waals surface area contributed by atoms with E-state index in [4.69, 9.17) is 9.15 Å². The number of thiazole rings is 1. The van der Waals surface area contributed by atoms with Crippen LogP contribution in [0.5, 0.6) is 0 Å². The molecule has 6 heteroatoms. The number of ether oxygens (including phenoxy) is 1. The second kappa shape index (κ2) is 5.49. The minimum absolute atomic E-state index is 0.323. The van der Waals surface area contributed by atoms with Gasteiger partial charge in [0.15, 0.2) is 5.69 Å². The van der Waals surface area contributed by atoms with Crippen molar-refractivity contribution in [3.8, 4) is 0 Å². The molecule has 17 heavy (non-hydrogen) atoms. The Morgan fingerprint density at radius 1 is 1.65 bits per heavy atom. The van der Waals surface area contributed by atoms with E-state index in [9.17, 15) is 4.79 Å². The molecule has 2 aromatic rings. The highest BCUT2D eigenvalue weighted by Crippen LogP contribution is 2.21. The summed E-state index contributed by atoms with van der Waals surface area (Å²) < 4.78 is 10.1. The van der Waals surface area contributed by atoms with E-state index in [-0.39, 0.29) is 0 Å². The van der Waals surface area contributed by atoms with Crippen LogP contribution in [0.15, 0.2) is 28.3 Å². The monoisotopic (exact) mass is 252 g/mol. The van der Waals surface area contributed by atoms with Crippen molar-refractivity contribution in [3.05, 3.63) is 35.4 Å². The van der Waals surface area contributed by atoms with Gasteiger partial charge in [0.2, 0.25) is 0 Å². The number of hydrogen-bond donors (Lipinski definition) is 1. The van der Waals surface area contributed by atoms with Crippen LogP contribution < -0.4 is 5.32 Å². The molecule has 0 aliphatic heterocycles. The molecule has 0 amide bonds. The van der Waals surface area contributed by atoms with Crippen LogP contribution in [0.25, 0.3) is 0 Å². The summed E-state index contributed by atoms with van der Waals surface area (Å²) in [5.74, 6) is 0.393. The quantitative estimate of drug-likeness (QED) is 0.828. The molecule has 0 aliphatic carbocycles. The number of anilines is 1. The molecule has 0 unspecified atom stereocenters. The zero-order chi connectivity index (χ0) is 12.1. The number of carbonyl (C=O) groups excluding carboxylic acids is 1. The number of hydrogen-bond acceptors (Lipinski definition) is 6. The molecule has 0 atom stereocenters. The molecule has 2 heterocycles. The highest BCUT2D eigenvalue weighted by molar-refractivity contribution is 7.14. The van der Waals surface area contributed by atoms with Gasteiger partial charge < -0.3 is 14.5 Å². The summed E-state index contributed by atoms with van der Waals surface area (Å²) in [6.45, 7) is 2.62. The zero-order valence-corrected chi connectivity index (χ0v) is 10.1. The van der Waals surface area contributed by atoms with Gasteiger partial charge in [-0.25, -0.2) is 9.78 Å². The van der Waals surface area contributed by atoms with E-state index in [1.54, 1.807) is 18.7 Å². The highest BCUT2D eigenvalue weighted by atomic mass is 32.1. The molecule has 90 valence electrons. The Morgan fingerprint density at radius 3 is 3.24 bits per heavy atom. The van der Waals surface area contributed by atoms with E-state index in [0.29, 0.717) is 23.8 Å². The Balaban J connectivity index is 2.01. The van der Waals surface area contributed by atoms with Crippen molar-refractivity contribution in [3.63, 3.8) is 0 Å². The Morgan fingerprint density at radius 2 is 2.53 bits per heavy atom. The minimum Gasteiger partial charge on any atom is -0.467 e. The first-order valence-electron chi connectivity index (χ1n) is 5.18. The van der Waals surface area contributed by atoms with Crippen LogP contribution in [0, 0.1) is 0 Å². The van der Waals surface area contributed by atoms with Crippen molar-refractivity contribution < 1.29 is 13.9 Å². The number of esters is 1. The summed E-state index contributed by atoms with van der Waals surface area (Å²) in [6.07, 6.45) is 1.61. The van der Waals surface area contributed by atoms with Crippen molar-refractivity contribution in [2.75, 3.05) is 11.9 Å². The first-order valence-corrected chi connectivity index (χ1v) is 6.06. The molecular weight excluding hydrogens is 240 g/mol. The van der Waals surface area contributed by atoms with Gasteiger partial charge in [-0.1, -0.05) is 0 Å². The predicted molar refractivity (Wildman–Crippen MR) is 64.1 cm³/mol. The summed E-state index contributed by atoms with van der Waals surface area (Å²) in [5, 5.41) is 3.79. The van der Waals surface area contributed by atoms with Gasteiger partial charge in [-0.3, -0.25) is 0 Å². The maximum atomic E-state index is 11.5. The van der Waals surface area contributed by atoms with Crippen LogP contribution in [0.4, 0.5) is 5.00 Å². The van der Waals surface area contributed by atoms with Gasteiger partial charge in [-0.2, -0.15) is 0 Å². The Labute approximate surface area is 102 Å². The van der Waals surface area contributed by atoms with Crippen LogP contribution in [-0.4, -0.2) is 17.6 Å². The first kappa shape index (κ1) is 11.7. The maximum absolute atomic E-state index is 11.5. The van der Waals surface area contributed by atoms with E-state index in [1.807, 2.05) is 12.1 Å². The summed E-state index contributed by atoms with van der Waals surface area (Å²) >= 11 is 1.36. The van der Waals surface area contributed by atoms with E-state index < -0.39 is 5.97 Å². The SMILES string of the molecule is CCOC(=O)c1ncsc1NCc1ccco1. The molecule has 2 rings (SSSR count). The van der Waals surface area contributed by atoms with Gasteiger partial charge in [0.1, 0.15) is 10.8 Å². The smallest absolute Gasteiger partial charge is 0.360 e. The summed E-state index contributed by atoms with van der Waals surface area (Å²) in [7, 11) is 0. The molecule has 0 fully saturated rings. The Bertz CT molecular complexity index is 479. The number of aromatic nitrogens is 1. The van der Waals surface area contributed by atoms with Gasteiger partial charge >= 0.3 is 5.97 Å². The van der Waals surface area contributed by atoms with E-state index >= 15 is 0 Å². The topological polar surface area (TPSA) is 64.4 Å². The summed E-state index contributed by atoms with van der Waals surface area (Å²) in [6, 6.07) is 3.67. The molecule has 0 bridgehead atoms. The summed E-state index contributed by atoms with van der Waals surface area (Å²) in [4.78, 5) is 15.5. The fraction of sp³-hybridized carbons (Fsp3) is 0.273. The van der Waals surface area contributed by atoms with Crippen LogP contribution in [0.1, 0.15) is 23.2 Å². The van der Waals surface area contributed by atoms with Crippen LogP contribution in [-0.2, 0) is 11.3 Å². The average molecular weight is 252 g/mol. The van der Waals surface area contributed by atoms with Crippen LogP contribution in [0.2, 0.25) is 0 Å². The van der Waals surface area contributed by atoms with Crippen LogP contribution in [0.3, 0.4) is 0 Å². The molecule has 0 aliphatic rings. The third kappa shape index (κ3) is 2.85. The number of nitrogens with zero attached hydrogens (tertiary/aromatic N) is 1. The van der Waals surface area contributed by atoms with E-state index in [2.05, 4.69) is 10.3 Å². The van der Waals surface area contributed by atoms with Gasteiger partial charge in [-0.05, 0) is 19.1 Å². The Kier molecular flexibility index (Phi) is 3.77. The maximum Gasteiger partial charge on any atom is 0.360 e. The number of furan rings is 1. The fourth-order valence-corrected chi connectivity index (χ4v) is 1.96. The number of carbonyl (C=O) groups is 1. The molecular formula is C11H12N2O3S. The molecule has 5 nitrogen and oxygen atoms in total. The van der Waals surface area contributed by atoms with Crippen molar-refractivity contribution in [1.29, 1.82) is 0 Å². The zero-order valence-electron chi connectivity index (χ0n) is 9.30.